The molecular formula is C20H29ClN2O3. The van der Waals surface area contributed by atoms with E-state index in [1.165, 1.54) is 0 Å². The lowest BCUT2D eigenvalue weighted by Gasteiger charge is -2.31. The first-order valence-corrected chi connectivity index (χ1v) is 9.58. The van der Waals surface area contributed by atoms with Gasteiger partial charge in [0.15, 0.2) is 0 Å². The number of halogens is 1. The number of rotatable bonds is 6. The van der Waals surface area contributed by atoms with Crippen LogP contribution in [-0.2, 0) is 16.0 Å². The quantitative estimate of drug-likeness (QED) is 0.776. The number of carbonyl (C=O) groups excluding carboxylic acids is 2. The predicted octanol–water partition coefficient (Wildman–Crippen LogP) is 4.23. The Morgan fingerprint density at radius 3 is 2.54 bits per heavy atom. The van der Waals surface area contributed by atoms with Gasteiger partial charge in [0, 0.05) is 18.0 Å². The lowest BCUT2D eigenvalue weighted by molar-refractivity contribution is -0.123. The molecule has 0 atom stereocenters. The number of ether oxygens (including phenoxy) is 1. The zero-order valence-electron chi connectivity index (χ0n) is 15.9. The molecule has 144 valence electrons. The number of aryl methyl sites for hydroxylation is 1. The lowest BCUT2D eigenvalue weighted by atomic mass is 9.96. The van der Waals surface area contributed by atoms with E-state index in [1.54, 1.807) is 0 Å². The van der Waals surface area contributed by atoms with Crippen molar-refractivity contribution in [2.75, 3.05) is 6.54 Å². The lowest BCUT2D eigenvalue weighted by Crippen LogP contribution is -2.54. The minimum absolute atomic E-state index is 0.00198. The zero-order valence-corrected chi connectivity index (χ0v) is 16.6. The summed E-state index contributed by atoms with van der Waals surface area (Å²) in [5.41, 5.74) is 0.134. The van der Waals surface area contributed by atoms with E-state index in [2.05, 4.69) is 10.6 Å². The van der Waals surface area contributed by atoms with Gasteiger partial charge in [-0.25, -0.2) is 4.79 Å². The van der Waals surface area contributed by atoms with Crippen LogP contribution in [0.15, 0.2) is 24.3 Å². The summed E-state index contributed by atoms with van der Waals surface area (Å²) < 4.78 is 5.29. The molecule has 0 bridgehead atoms. The van der Waals surface area contributed by atoms with Crippen LogP contribution in [0.3, 0.4) is 0 Å². The summed E-state index contributed by atoms with van der Waals surface area (Å²) in [6.45, 7) is 5.88. The zero-order chi connectivity index (χ0) is 19.2. The smallest absolute Gasteiger partial charge is 0.407 e. The van der Waals surface area contributed by atoms with Crippen LogP contribution in [0.1, 0.15) is 58.4 Å². The molecule has 2 amide bonds. The average Bonchev–Trinajstić information content (AvgIpc) is 2.98. The molecule has 1 aliphatic rings. The molecule has 0 radical (unpaired) electrons. The second-order valence-electron chi connectivity index (χ2n) is 8.02. The molecule has 5 nitrogen and oxygen atoms in total. The Balaban J connectivity index is 1.86. The Kier molecular flexibility index (Phi) is 6.93. The topological polar surface area (TPSA) is 67.4 Å². The molecule has 1 aromatic carbocycles. The second-order valence-corrected chi connectivity index (χ2v) is 8.46. The van der Waals surface area contributed by atoms with Gasteiger partial charge in [-0.1, -0.05) is 36.6 Å². The largest absolute Gasteiger partial charge is 0.444 e. The summed E-state index contributed by atoms with van der Waals surface area (Å²) in [6.07, 6.45) is 4.42. The monoisotopic (exact) mass is 380 g/mol. The van der Waals surface area contributed by atoms with E-state index in [0.29, 0.717) is 24.4 Å². The first-order valence-electron chi connectivity index (χ1n) is 9.20. The van der Waals surface area contributed by atoms with Gasteiger partial charge in [0.1, 0.15) is 5.60 Å². The molecule has 0 heterocycles. The molecule has 26 heavy (non-hydrogen) atoms. The highest BCUT2D eigenvalue weighted by Gasteiger charge is 2.36. The van der Waals surface area contributed by atoms with Gasteiger partial charge in [0.25, 0.3) is 0 Å². The van der Waals surface area contributed by atoms with Gasteiger partial charge in [-0.2, -0.15) is 0 Å². The highest BCUT2D eigenvalue weighted by atomic mass is 35.5. The molecule has 1 aliphatic carbocycles. The Morgan fingerprint density at radius 1 is 1.23 bits per heavy atom. The summed E-state index contributed by atoms with van der Waals surface area (Å²) >= 11 is 5.98. The van der Waals surface area contributed by atoms with Crippen LogP contribution in [0, 0.1) is 0 Å². The van der Waals surface area contributed by atoms with E-state index >= 15 is 0 Å². The van der Waals surface area contributed by atoms with Crippen molar-refractivity contribution < 1.29 is 14.3 Å². The van der Waals surface area contributed by atoms with E-state index in [9.17, 15) is 9.59 Å². The molecule has 0 aliphatic heterocycles. The van der Waals surface area contributed by atoms with Crippen LogP contribution in [0.5, 0.6) is 0 Å². The summed E-state index contributed by atoms with van der Waals surface area (Å²) in [7, 11) is 0. The number of hydrogen-bond acceptors (Lipinski definition) is 3. The van der Waals surface area contributed by atoms with E-state index in [-0.39, 0.29) is 11.4 Å². The SMILES string of the molecule is CC(C)(C)OC(=O)NCC1(NC(=O)CCc2cccc(Cl)c2)CCCC1. The van der Waals surface area contributed by atoms with Crippen molar-refractivity contribution in [2.24, 2.45) is 0 Å². The third kappa shape index (κ3) is 6.87. The normalized spacial score (nSPS) is 16.2. The van der Waals surface area contributed by atoms with E-state index in [0.717, 1.165) is 31.2 Å². The summed E-state index contributed by atoms with van der Waals surface area (Å²) in [5, 5.41) is 6.65. The van der Waals surface area contributed by atoms with Crippen molar-refractivity contribution in [1.29, 1.82) is 0 Å². The standard InChI is InChI=1S/C20H29ClN2O3/c1-19(2,3)26-18(25)22-14-20(11-4-5-12-20)23-17(24)10-9-15-7-6-8-16(21)13-15/h6-8,13H,4-5,9-12,14H2,1-3H3,(H,22,25)(H,23,24). The van der Waals surface area contributed by atoms with Crippen molar-refractivity contribution in [1.82, 2.24) is 10.6 Å². The van der Waals surface area contributed by atoms with E-state index in [4.69, 9.17) is 16.3 Å². The fraction of sp³-hybridized carbons (Fsp3) is 0.600. The number of nitrogens with one attached hydrogen (secondary N) is 2. The molecule has 2 N–H and O–H groups in total. The molecule has 0 unspecified atom stereocenters. The summed E-state index contributed by atoms with van der Waals surface area (Å²) in [6, 6.07) is 7.55. The van der Waals surface area contributed by atoms with Crippen LogP contribution in [-0.4, -0.2) is 29.7 Å². The van der Waals surface area contributed by atoms with Crippen molar-refractivity contribution in [2.45, 2.75) is 70.4 Å². The van der Waals surface area contributed by atoms with E-state index in [1.807, 2.05) is 45.0 Å². The van der Waals surface area contributed by atoms with Gasteiger partial charge < -0.3 is 15.4 Å². The maximum atomic E-state index is 12.4. The van der Waals surface area contributed by atoms with Gasteiger partial charge >= 0.3 is 6.09 Å². The third-order valence-electron chi connectivity index (χ3n) is 4.47. The van der Waals surface area contributed by atoms with Crippen molar-refractivity contribution in [3.63, 3.8) is 0 Å². The number of alkyl carbamates (subject to hydrolysis) is 1. The maximum absolute atomic E-state index is 12.4. The minimum atomic E-state index is -0.535. The Hall–Kier alpha value is -1.75. The van der Waals surface area contributed by atoms with E-state index < -0.39 is 11.7 Å². The Morgan fingerprint density at radius 2 is 1.92 bits per heavy atom. The van der Waals surface area contributed by atoms with Gasteiger partial charge in [0.2, 0.25) is 5.91 Å². The van der Waals surface area contributed by atoms with Crippen molar-refractivity contribution in [3.8, 4) is 0 Å². The fourth-order valence-electron chi connectivity index (χ4n) is 3.26. The summed E-state index contributed by atoms with van der Waals surface area (Å²) in [5.74, 6) is -0.00198. The van der Waals surface area contributed by atoms with Crippen LogP contribution in [0.2, 0.25) is 5.02 Å². The Labute approximate surface area is 160 Å². The molecule has 0 saturated heterocycles. The Bertz CT molecular complexity index is 634. The van der Waals surface area contributed by atoms with Gasteiger partial charge in [-0.15, -0.1) is 0 Å². The third-order valence-corrected chi connectivity index (χ3v) is 4.70. The van der Waals surface area contributed by atoms with Crippen molar-refractivity contribution >= 4 is 23.6 Å². The predicted molar refractivity (Wildman–Crippen MR) is 103 cm³/mol. The van der Waals surface area contributed by atoms with Crippen LogP contribution in [0.25, 0.3) is 0 Å². The molecule has 1 fully saturated rings. The van der Waals surface area contributed by atoms with Crippen LogP contribution < -0.4 is 10.6 Å². The highest BCUT2D eigenvalue weighted by molar-refractivity contribution is 6.30. The van der Waals surface area contributed by atoms with Crippen molar-refractivity contribution in [3.05, 3.63) is 34.9 Å². The second kappa shape index (κ2) is 8.76. The maximum Gasteiger partial charge on any atom is 0.407 e. The minimum Gasteiger partial charge on any atom is -0.444 e. The molecule has 6 heteroatoms. The van der Waals surface area contributed by atoms with Gasteiger partial charge in [-0.05, 0) is 57.7 Å². The number of amides is 2. The first kappa shape index (κ1) is 20.6. The number of carbonyl (C=O) groups is 2. The molecule has 1 saturated carbocycles. The van der Waals surface area contributed by atoms with Crippen LogP contribution >= 0.6 is 11.6 Å². The highest BCUT2D eigenvalue weighted by Crippen LogP contribution is 2.29. The molecule has 2 rings (SSSR count). The molecule has 0 aromatic heterocycles. The molecule has 1 aromatic rings. The average molecular weight is 381 g/mol. The summed E-state index contributed by atoms with van der Waals surface area (Å²) in [4.78, 5) is 24.4. The number of benzene rings is 1. The van der Waals surface area contributed by atoms with Gasteiger partial charge in [-0.3, -0.25) is 4.79 Å². The van der Waals surface area contributed by atoms with Gasteiger partial charge in [0.05, 0.1) is 5.54 Å². The van der Waals surface area contributed by atoms with Crippen LogP contribution in [0.4, 0.5) is 4.79 Å². The molecule has 0 spiro atoms. The number of hydrogen-bond donors (Lipinski definition) is 2. The fourth-order valence-corrected chi connectivity index (χ4v) is 3.47. The molecular weight excluding hydrogens is 352 g/mol. The first-order chi connectivity index (χ1) is 12.2.